The Balaban J connectivity index is 2.33. The van der Waals surface area contributed by atoms with Crippen LogP contribution in [0, 0.1) is 10.1 Å². The summed E-state index contributed by atoms with van der Waals surface area (Å²) in [6.07, 6.45) is 0. The van der Waals surface area contributed by atoms with Gasteiger partial charge in [0.15, 0.2) is 0 Å². The molecule has 2 aromatic carbocycles. The number of carbonyl (C=O) groups is 1. The summed E-state index contributed by atoms with van der Waals surface area (Å²) in [5.74, 6) is -0.864. The fraction of sp³-hybridized carbons (Fsp3) is 0. The molecule has 0 saturated carbocycles. The highest BCUT2D eigenvalue weighted by atomic mass is 79.9. The molecule has 0 aliphatic carbocycles. The highest BCUT2D eigenvalue weighted by Gasteiger charge is 2.16. The van der Waals surface area contributed by atoms with Crippen LogP contribution in [0.3, 0.4) is 0 Å². The first-order chi connectivity index (χ1) is 9.90. The van der Waals surface area contributed by atoms with Crippen LogP contribution in [0.15, 0.2) is 40.9 Å². The maximum Gasteiger partial charge on any atom is 0.271 e. The smallest absolute Gasteiger partial charge is 0.271 e. The molecular weight excluding hydrogens is 364 g/mol. The maximum atomic E-state index is 12.1. The van der Waals surface area contributed by atoms with Crippen molar-refractivity contribution in [2.75, 3.05) is 5.32 Å². The first kappa shape index (κ1) is 15.3. The summed E-state index contributed by atoms with van der Waals surface area (Å²) in [5.41, 5.74) is -0.134. The average molecular weight is 372 g/mol. The van der Waals surface area contributed by atoms with E-state index in [1.165, 1.54) is 6.07 Å². The topological polar surface area (TPSA) is 92.5 Å². The van der Waals surface area contributed by atoms with Gasteiger partial charge in [-0.3, -0.25) is 14.9 Å². The molecule has 108 valence electrons. The number of aromatic hydroxyl groups is 1. The van der Waals surface area contributed by atoms with E-state index < -0.39 is 10.8 Å². The van der Waals surface area contributed by atoms with Crippen molar-refractivity contribution in [1.29, 1.82) is 0 Å². The summed E-state index contributed by atoms with van der Waals surface area (Å²) in [4.78, 5) is 22.2. The van der Waals surface area contributed by atoms with Gasteiger partial charge in [0.2, 0.25) is 0 Å². The van der Waals surface area contributed by atoms with Crippen LogP contribution in [0.2, 0.25) is 5.02 Å². The molecule has 6 nitrogen and oxygen atoms in total. The van der Waals surface area contributed by atoms with Crippen molar-refractivity contribution in [3.63, 3.8) is 0 Å². The molecule has 0 saturated heterocycles. The Morgan fingerprint density at radius 3 is 2.71 bits per heavy atom. The molecule has 2 aromatic rings. The van der Waals surface area contributed by atoms with E-state index in [2.05, 4.69) is 21.2 Å². The second kappa shape index (κ2) is 6.11. The predicted octanol–water partition coefficient (Wildman–Crippen LogP) is 3.97. The lowest BCUT2D eigenvalue weighted by atomic mass is 10.2. The van der Waals surface area contributed by atoms with Gasteiger partial charge in [0.05, 0.1) is 21.2 Å². The number of nitro benzene ring substituents is 1. The molecule has 0 radical (unpaired) electrons. The Morgan fingerprint density at radius 2 is 2.05 bits per heavy atom. The van der Waals surface area contributed by atoms with Crippen LogP contribution in [0.1, 0.15) is 10.4 Å². The summed E-state index contributed by atoms with van der Waals surface area (Å²) in [7, 11) is 0. The average Bonchev–Trinajstić information content (AvgIpc) is 2.43. The van der Waals surface area contributed by atoms with Crippen LogP contribution >= 0.6 is 27.5 Å². The minimum absolute atomic E-state index is 0.0646. The van der Waals surface area contributed by atoms with Gasteiger partial charge < -0.3 is 10.4 Å². The number of nitrogens with one attached hydrogen (secondary N) is 1. The van der Waals surface area contributed by atoms with Gasteiger partial charge in [0, 0.05) is 16.6 Å². The van der Waals surface area contributed by atoms with Crippen LogP contribution in [0.4, 0.5) is 11.4 Å². The molecule has 8 heteroatoms. The molecule has 1 amide bonds. The molecular formula is C13H8BrClN2O4. The second-order valence-corrected chi connectivity index (χ2v) is 5.25. The predicted molar refractivity (Wildman–Crippen MR) is 81.9 cm³/mol. The SMILES string of the molecule is O=C(Nc1cc([N+](=O)[O-])ccc1O)c1cccc(Br)c1Cl. The van der Waals surface area contributed by atoms with Crippen LogP contribution in [0.5, 0.6) is 5.75 Å². The molecule has 0 bridgehead atoms. The van der Waals surface area contributed by atoms with Crippen LogP contribution in [0.25, 0.3) is 0 Å². The number of phenolic OH excluding ortho intramolecular Hbond substituents is 1. The molecule has 21 heavy (non-hydrogen) atoms. The zero-order valence-corrected chi connectivity index (χ0v) is 12.7. The van der Waals surface area contributed by atoms with Gasteiger partial charge in [0.25, 0.3) is 11.6 Å². The van der Waals surface area contributed by atoms with Crippen molar-refractivity contribution in [3.8, 4) is 5.75 Å². The Hall–Kier alpha value is -2.12. The van der Waals surface area contributed by atoms with Gasteiger partial charge in [-0.2, -0.15) is 0 Å². The van der Waals surface area contributed by atoms with Crippen LogP contribution in [-0.4, -0.2) is 15.9 Å². The molecule has 0 aliphatic rings. The van der Waals surface area contributed by atoms with Crippen molar-refractivity contribution < 1.29 is 14.8 Å². The molecule has 0 spiro atoms. The number of nitrogens with zero attached hydrogens (tertiary/aromatic N) is 1. The second-order valence-electron chi connectivity index (χ2n) is 4.01. The molecule has 0 aliphatic heterocycles. The molecule has 0 unspecified atom stereocenters. The molecule has 0 fully saturated rings. The number of anilines is 1. The Morgan fingerprint density at radius 1 is 1.33 bits per heavy atom. The van der Waals surface area contributed by atoms with Gasteiger partial charge in [-0.1, -0.05) is 17.7 Å². The number of hydrogen-bond donors (Lipinski definition) is 2. The molecule has 0 aromatic heterocycles. The number of non-ortho nitro benzene ring substituents is 1. The third-order valence-electron chi connectivity index (χ3n) is 2.64. The highest BCUT2D eigenvalue weighted by Crippen LogP contribution is 2.30. The third kappa shape index (κ3) is 3.32. The number of amides is 1. The van der Waals surface area contributed by atoms with Crippen LogP contribution in [-0.2, 0) is 0 Å². The monoisotopic (exact) mass is 370 g/mol. The Kier molecular flexibility index (Phi) is 4.44. The normalized spacial score (nSPS) is 10.2. The number of rotatable bonds is 3. The fourth-order valence-corrected chi connectivity index (χ4v) is 2.18. The molecule has 0 heterocycles. The van der Waals surface area contributed by atoms with E-state index in [4.69, 9.17) is 11.6 Å². The third-order valence-corrected chi connectivity index (χ3v) is 3.93. The number of halogens is 2. The van der Waals surface area contributed by atoms with Gasteiger partial charge in [-0.15, -0.1) is 0 Å². The van der Waals surface area contributed by atoms with Gasteiger partial charge in [-0.05, 0) is 34.1 Å². The van der Waals surface area contributed by atoms with E-state index in [1.54, 1.807) is 12.1 Å². The Labute approximate surface area is 132 Å². The lowest BCUT2D eigenvalue weighted by molar-refractivity contribution is -0.384. The van der Waals surface area contributed by atoms with Gasteiger partial charge in [0.1, 0.15) is 5.75 Å². The fourth-order valence-electron chi connectivity index (χ4n) is 1.61. The summed E-state index contributed by atoms with van der Waals surface area (Å²) in [5, 5.41) is 23.0. The first-order valence-electron chi connectivity index (χ1n) is 5.63. The van der Waals surface area contributed by atoms with Crippen molar-refractivity contribution in [2.24, 2.45) is 0 Å². The summed E-state index contributed by atoms with van der Waals surface area (Å²) < 4.78 is 0.542. The van der Waals surface area contributed by atoms with Crippen molar-refractivity contribution in [3.05, 3.63) is 61.6 Å². The summed E-state index contributed by atoms with van der Waals surface area (Å²) in [6.45, 7) is 0. The number of nitro groups is 1. The zero-order chi connectivity index (χ0) is 15.6. The van der Waals surface area contributed by atoms with Crippen LogP contribution < -0.4 is 5.32 Å². The van der Waals surface area contributed by atoms with E-state index in [0.29, 0.717) is 4.47 Å². The standard InChI is InChI=1S/C13H8BrClN2O4/c14-9-3-1-2-8(12(9)15)13(19)16-10-6-7(17(20)21)4-5-11(10)18/h1-6,18H,(H,16,19). The maximum absolute atomic E-state index is 12.1. The minimum Gasteiger partial charge on any atom is -0.506 e. The van der Waals surface area contributed by atoms with E-state index in [9.17, 15) is 20.0 Å². The molecule has 2 rings (SSSR count). The summed E-state index contributed by atoms with van der Waals surface area (Å²) >= 11 is 9.19. The highest BCUT2D eigenvalue weighted by molar-refractivity contribution is 9.10. The van der Waals surface area contributed by atoms with E-state index in [-0.39, 0.29) is 27.7 Å². The molecule has 0 atom stereocenters. The lowest BCUT2D eigenvalue weighted by Gasteiger charge is -2.09. The zero-order valence-electron chi connectivity index (χ0n) is 10.3. The van der Waals surface area contributed by atoms with E-state index in [0.717, 1.165) is 18.2 Å². The number of carbonyl (C=O) groups excluding carboxylic acids is 1. The van der Waals surface area contributed by atoms with Crippen molar-refractivity contribution >= 4 is 44.8 Å². The lowest BCUT2D eigenvalue weighted by Crippen LogP contribution is -2.12. The van der Waals surface area contributed by atoms with Crippen molar-refractivity contribution in [2.45, 2.75) is 0 Å². The minimum atomic E-state index is -0.624. The van der Waals surface area contributed by atoms with Gasteiger partial charge >= 0.3 is 0 Å². The summed E-state index contributed by atoms with van der Waals surface area (Å²) in [6, 6.07) is 8.13. The quantitative estimate of drug-likeness (QED) is 0.485. The Bertz CT molecular complexity index is 736. The van der Waals surface area contributed by atoms with E-state index in [1.807, 2.05) is 0 Å². The van der Waals surface area contributed by atoms with Crippen molar-refractivity contribution in [1.82, 2.24) is 0 Å². The number of hydrogen-bond acceptors (Lipinski definition) is 4. The number of phenols is 1. The molecule has 2 N–H and O–H groups in total. The number of benzene rings is 2. The van der Waals surface area contributed by atoms with Gasteiger partial charge in [-0.25, -0.2) is 0 Å². The first-order valence-corrected chi connectivity index (χ1v) is 6.80. The largest absolute Gasteiger partial charge is 0.506 e. The van der Waals surface area contributed by atoms with E-state index >= 15 is 0 Å².